The first kappa shape index (κ1) is 13.7. The fourth-order valence-electron chi connectivity index (χ4n) is 2.39. The van der Waals surface area contributed by atoms with E-state index in [1.807, 2.05) is 6.07 Å². The van der Waals surface area contributed by atoms with Crippen LogP contribution in [0.3, 0.4) is 0 Å². The number of sulfonamides is 1. The van der Waals surface area contributed by atoms with Crippen LogP contribution in [0.4, 0.5) is 5.13 Å². The smallest absolute Gasteiger partial charge is 0.208 e. The summed E-state index contributed by atoms with van der Waals surface area (Å²) in [6.07, 6.45) is 6.36. The minimum atomic E-state index is -3.12. The molecule has 0 atom stereocenters. The standard InChI is InChI=1S/C12H16N4O2S2/c1-20(17,18)15-9-3-6-16(7-4-9)12-14-10-8-13-5-2-11(10)19-12/h2,5,8-9,15H,3-4,6-7H2,1H3. The third-order valence-electron chi connectivity index (χ3n) is 3.32. The van der Waals surface area contributed by atoms with E-state index in [1.54, 1.807) is 23.7 Å². The third kappa shape index (κ3) is 3.08. The number of hydrogen-bond donors (Lipinski definition) is 1. The van der Waals surface area contributed by atoms with E-state index in [9.17, 15) is 8.42 Å². The lowest BCUT2D eigenvalue weighted by molar-refractivity contribution is 0.461. The topological polar surface area (TPSA) is 75.2 Å². The van der Waals surface area contributed by atoms with Crippen molar-refractivity contribution >= 4 is 36.7 Å². The van der Waals surface area contributed by atoms with Crippen LogP contribution in [0.15, 0.2) is 18.5 Å². The number of anilines is 1. The molecule has 1 fully saturated rings. The number of fused-ring (bicyclic) bond motifs is 1. The molecule has 108 valence electrons. The molecule has 8 heteroatoms. The van der Waals surface area contributed by atoms with Crippen LogP contribution in [0.2, 0.25) is 0 Å². The van der Waals surface area contributed by atoms with Gasteiger partial charge >= 0.3 is 0 Å². The zero-order valence-corrected chi connectivity index (χ0v) is 12.7. The van der Waals surface area contributed by atoms with E-state index >= 15 is 0 Å². The van der Waals surface area contributed by atoms with Crippen LogP contribution < -0.4 is 9.62 Å². The number of rotatable bonds is 3. The largest absolute Gasteiger partial charge is 0.348 e. The van der Waals surface area contributed by atoms with E-state index in [0.29, 0.717) is 0 Å². The first-order valence-electron chi connectivity index (χ1n) is 6.44. The first-order valence-corrected chi connectivity index (χ1v) is 9.15. The zero-order chi connectivity index (χ0) is 14.2. The normalized spacial score (nSPS) is 17.8. The van der Waals surface area contributed by atoms with Crippen LogP contribution in [0, 0.1) is 0 Å². The number of nitrogens with one attached hydrogen (secondary N) is 1. The van der Waals surface area contributed by atoms with Crippen molar-refractivity contribution in [1.29, 1.82) is 0 Å². The minimum Gasteiger partial charge on any atom is -0.348 e. The summed E-state index contributed by atoms with van der Waals surface area (Å²) in [6, 6.07) is 2.01. The Balaban J connectivity index is 1.68. The molecular weight excluding hydrogens is 296 g/mol. The Hall–Kier alpha value is -1.25. The second-order valence-electron chi connectivity index (χ2n) is 4.99. The molecule has 6 nitrogen and oxygen atoms in total. The van der Waals surface area contributed by atoms with Crippen LogP contribution in [-0.2, 0) is 10.0 Å². The molecule has 0 bridgehead atoms. The summed E-state index contributed by atoms with van der Waals surface area (Å²) in [7, 11) is -3.12. The van der Waals surface area contributed by atoms with Crippen LogP contribution in [0.25, 0.3) is 10.2 Å². The van der Waals surface area contributed by atoms with E-state index in [4.69, 9.17) is 0 Å². The summed E-state index contributed by atoms with van der Waals surface area (Å²) in [5, 5.41) is 0.991. The Morgan fingerprint density at radius 1 is 1.40 bits per heavy atom. The number of aromatic nitrogens is 2. The van der Waals surface area contributed by atoms with Crippen molar-refractivity contribution in [2.45, 2.75) is 18.9 Å². The van der Waals surface area contributed by atoms with Crippen molar-refractivity contribution in [3.05, 3.63) is 18.5 Å². The van der Waals surface area contributed by atoms with Crippen LogP contribution in [0.1, 0.15) is 12.8 Å². The maximum Gasteiger partial charge on any atom is 0.208 e. The van der Waals surface area contributed by atoms with Gasteiger partial charge in [-0.3, -0.25) is 4.98 Å². The molecule has 20 heavy (non-hydrogen) atoms. The molecule has 0 aliphatic carbocycles. The van der Waals surface area contributed by atoms with Crippen LogP contribution in [-0.4, -0.2) is 43.8 Å². The van der Waals surface area contributed by atoms with Crippen molar-refractivity contribution in [2.75, 3.05) is 24.2 Å². The molecule has 0 amide bonds. The van der Waals surface area contributed by atoms with Crippen molar-refractivity contribution < 1.29 is 8.42 Å². The van der Waals surface area contributed by atoms with Crippen LogP contribution >= 0.6 is 11.3 Å². The molecule has 1 aliphatic heterocycles. The van der Waals surface area contributed by atoms with Gasteiger partial charge in [0.15, 0.2) is 5.13 Å². The molecule has 1 saturated heterocycles. The Labute approximate surface area is 121 Å². The first-order chi connectivity index (χ1) is 9.51. The Bertz CT molecular complexity index is 672. The van der Waals surface area contributed by atoms with E-state index in [0.717, 1.165) is 41.3 Å². The summed E-state index contributed by atoms with van der Waals surface area (Å²) in [4.78, 5) is 10.9. The van der Waals surface area contributed by atoms with Crippen molar-refractivity contribution in [3.8, 4) is 0 Å². The molecule has 3 heterocycles. The molecule has 3 rings (SSSR count). The highest BCUT2D eigenvalue weighted by molar-refractivity contribution is 7.88. The van der Waals surface area contributed by atoms with Crippen LogP contribution in [0.5, 0.6) is 0 Å². The van der Waals surface area contributed by atoms with Gasteiger partial charge in [-0.15, -0.1) is 0 Å². The Morgan fingerprint density at radius 3 is 2.80 bits per heavy atom. The number of piperidine rings is 1. The van der Waals surface area contributed by atoms with E-state index < -0.39 is 10.0 Å². The van der Waals surface area contributed by atoms with Gasteiger partial charge in [-0.2, -0.15) is 0 Å². The second kappa shape index (κ2) is 5.27. The highest BCUT2D eigenvalue weighted by atomic mass is 32.2. The van der Waals surface area contributed by atoms with Gasteiger partial charge in [0.2, 0.25) is 10.0 Å². The number of thiazole rings is 1. The van der Waals surface area contributed by atoms with E-state index in [-0.39, 0.29) is 6.04 Å². The highest BCUT2D eigenvalue weighted by Crippen LogP contribution is 2.29. The number of pyridine rings is 1. The lowest BCUT2D eigenvalue weighted by Gasteiger charge is -2.31. The van der Waals surface area contributed by atoms with E-state index in [2.05, 4.69) is 19.6 Å². The lowest BCUT2D eigenvalue weighted by atomic mass is 10.1. The molecule has 0 saturated carbocycles. The maximum absolute atomic E-state index is 11.2. The molecule has 0 spiro atoms. The van der Waals surface area contributed by atoms with Gasteiger partial charge in [-0.25, -0.2) is 18.1 Å². The summed E-state index contributed by atoms with van der Waals surface area (Å²) in [5.41, 5.74) is 0.920. The van der Waals surface area contributed by atoms with E-state index in [1.165, 1.54) is 6.26 Å². The van der Waals surface area contributed by atoms with Gasteiger partial charge in [-0.05, 0) is 18.9 Å². The minimum absolute atomic E-state index is 0.0392. The molecule has 0 aromatic carbocycles. The molecule has 2 aromatic rings. The quantitative estimate of drug-likeness (QED) is 0.922. The van der Waals surface area contributed by atoms with Gasteiger partial charge in [0.1, 0.15) is 5.52 Å². The molecular formula is C12H16N4O2S2. The Morgan fingerprint density at radius 2 is 2.15 bits per heavy atom. The average molecular weight is 312 g/mol. The summed E-state index contributed by atoms with van der Waals surface area (Å²) < 4.78 is 26.3. The summed E-state index contributed by atoms with van der Waals surface area (Å²) in [6.45, 7) is 1.64. The Kier molecular flexibility index (Phi) is 3.61. The van der Waals surface area contributed by atoms with Gasteiger partial charge in [0.25, 0.3) is 0 Å². The molecule has 2 aromatic heterocycles. The fraction of sp³-hybridized carbons (Fsp3) is 0.500. The third-order valence-corrected chi connectivity index (χ3v) is 5.18. The van der Waals surface area contributed by atoms with Gasteiger partial charge in [0.05, 0.1) is 17.2 Å². The van der Waals surface area contributed by atoms with Gasteiger partial charge in [-0.1, -0.05) is 11.3 Å². The number of nitrogens with zero attached hydrogens (tertiary/aromatic N) is 3. The number of hydrogen-bond acceptors (Lipinski definition) is 6. The summed E-state index contributed by atoms with van der Waals surface area (Å²) in [5.74, 6) is 0. The maximum atomic E-state index is 11.2. The predicted molar refractivity (Wildman–Crippen MR) is 80.6 cm³/mol. The average Bonchev–Trinajstić information content (AvgIpc) is 2.81. The lowest BCUT2D eigenvalue weighted by Crippen LogP contribution is -2.44. The monoisotopic (exact) mass is 312 g/mol. The van der Waals surface area contributed by atoms with Crippen molar-refractivity contribution in [3.63, 3.8) is 0 Å². The van der Waals surface area contributed by atoms with Gasteiger partial charge in [0, 0.05) is 25.3 Å². The summed E-state index contributed by atoms with van der Waals surface area (Å²) >= 11 is 1.65. The van der Waals surface area contributed by atoms with Crippen molar-refractivity contribution in [2.24, 2.45) is 0 Å². The zero-order valence-electron chi connectivity index (χ0n) is 11.1. The van der Waals surface area contributed by atoms with Crippen molar-refractivity contribution in [1.82, 2.24) is 14.7 Å². The predicted octanol–water partition coefficient (Wildman–Crippen LogP) is 1.21. The second-order valence-corrected chi connectivity index (χ2v) is 7.78. The molecule has 0 radical (unpaired) electrons. The van der Waals surface area contributed by atoms with Gasteiger partial charge < -0.3 is 4.90 Å². The molecule has 0 unspecified atom stereocenters. The SMILES string of the molecule is CS(=O)(=O)NC1CCN(c2nc3cnccc3s2)CC1. The highest BCUT2D eigenvalue weighted by Gasteiger charge is 2.23. The molecule has 1 N–H and O–H groups in total. The fourth-order valence-corrected chi connectivity index (χ4v) is 4.22. The molecule has 1 aliphatic rings.